The van der Waals surface area contributed by atoms with Crippen LogP contribution in [0.15, 0.2) is 35.0 Å². The highest BCUT2D eigenvalue weighted by molar-refractivity contribution is 5.89. The molecule has 2 aromatic heterocycles. The SMILES string of the molecule is Cc1noc(CNC(=O)Cc2cn(C)c3ccccc23)n1. The van der Waals surface area contributed by atoms with Gasteiger partial charge in [-0.25, -0.2) is 0 Å². The van der Waals surface area contributed by atoms with Gasteiger partial charge in [-0.15, -0.1) is 0 Å². The third-order valence-electron chi connectivity index (χ3n) is 3.34. The van der Waals surface area contributed by atoms with Gasteiger partial charge in [0.1, 0.15) is 0 Å². The van der Waals surface area contributed by atoms with E-state index in [9.17, 15) is 4.79 Å². The van der Waals surface area contributed by atoms with Crippen LogP contribution in [0.25, 0.3) is 10.9 Å². The summed E-state index contributed by atoms with van der Waals surface area (Å²) in [7, 11) is 1.98. The first-order valence-corrected chi connectivity index (χ1v) is 6.72. The van der Waals surface area contributed by atoms with Crippen LogP contribution >= 0.6 is 0 Å². The zero-order valence-electron chi connectivity index (χ0n) is 12.0. The summed E-state index contributed by atoms with van der Waals surface area (Å²) < 4.78 is 6.99. The zero-order chi connectivity index (χ0) is 14.8. The molecule has 2 heterocycles. The molecule has 21 heavy (non-hydrogen) atoms. The van der Waals surface area contributed by atoms with Gasteiger partial charge in [0, 0.05) is 24.1 Å². The average Bonchev–Trinajstić information content (AvgIpc) is 3.02. The van der Waals surface area contributed by atoms with Crippen LogP contribution in [0.1, 0.15) is 17.3 Å². The lowest BCUT2D eigenvalue weighted by atomic mass is 10.1. The van der Waals surface area contributed by atoms with Gasteiger partial charge < -0.3 is 14.4 Å². The highest BCUT2D eigenvalue weighted by atomic mass is 16.5. The van der Waals surface area contributed by atoms with Gasteiger partial charge in [-0.05, 0) is 18.6 Å². The van der Waals surface area contributed by atoms with Crippen molar-refractivity contribution < 1.29 is 9.32 Å². The topological polar surface area (TPSA) is 73.0 Å². The molecule has 0 aliphatic carbocycles. The number of rotatable bonds is 4. The van der Waals surface area contributed by atoms with E-state index in [0.29, 0.717) is 18.1 Å². The molecular formula is C15H16N4O2. The van der Waals surface area contributed by atoms with Crippen LogP contribution in [0.3, 0.4) is 0 Å². The molecule has 0 saturated carbocycles. The number of aryl methyl sites for hydroxylation is 2. The maximum Gasteiger partial charge on any atom is 0.246 e. The van der Waals surface area contributed by atoms with Gasteiger partial charge in [-0.3, -0.25) is 4.79 Å². The highest BCUT2D eigenvalue weighted by Gasteiger charge is 2.11. The summed E-state index contributed by atoms with van der Waals surface area (Å²) in [5.41, 5.74) is 2.13. The van der Waals surface area contributed by atoms with Crippen LogP contribution in [-0.4, -0.2) is 20.6 Å². The molecule has 0 saturated heterocycles. The van der Waals surface area contributed by atoms with Gasteiger partial charge in [0.25, 0.3) is 0 Å². The first-order valence-electron chi connectivity index (χ1n) is 6.72. The molecule has 6 heteroatoms. The molecule has 0 aliphatic rings. The molecule has 1 aromatic carbocycles. The highest BCUT2D eigenvalue weighted by Crippen LogP contribution is 2.20. The van der Waals surface area contributed by atoms with Gasteiger partial charge in [0.15, 0.2) is 5.82 Å². The van der Waals surface area contributed by atoms with E-state index < -0.39 is 0 Å². The number of amides is 1. The number of fused-ring (bicyclic) bond motifs is 1. The summed E-state index contributed by atoms with van der Waals surface area (Å²) in [5.74, 6) is 0.911. The average molecular weight is 284 g/mol. The number of carbonyl (C=O) groups excluding carboxylic acids is 1. The molecule has 0 spiro atoms. The number of hydrogen-bond acceptors (Lipinski definition) is 4. The van der Waals surface area contributed by atoms with Gasteiger partial charge in [-0.1, -0.05) is 23.4 Å². The van der Waals surface area contributed by atoms with Crippen LogP contribution in [-0.2, 0) is 24.8 Å². The summed E-state index contributed by atoms with van der Waals surface area (Å²) in [5, 5.41) is 7.57. The Kier molecular flexibility index (Phi) is 3.43. The molecular weight excluding hydrogens is 268 g/mol. The van der Waals surface area contributed by atoms with Crippen LogP contribution in [0.2, 0.25) is 0 Å². The molecule has 1 amide bonds. The van der Waals surface area contributed by atoms with Crippen LogP contribution in [0, 0.1) is 6.92 Å². The Labute approximate surface area is 121 Å². The summed E-state index contributed by atoms with van der Waals surface area (Å²) >= 11 is 0. The van der Waals surface area contributed by atoms with Gasteiger partial charge in [0.05, 0.1) is 13.0 Å². The molecule has 0 unspecified atom stereocenters. The van der Waals surface area contributed by atoms with Gasteiger partial charge in [0.2, 0.25) is 11.8 Å². The van der Waals surface area contributed by atoms with Crippen LogP contribution in [0.5, 0.6) is 0 Å². The van der Waals surface area contributed by atoms with Crippen molar-refractivity contribution in [1.82, 2.24) is 20.0 Å². The van der Waals surface area contributed by atoms with Crippen LogP contribution in [0.4, 0.5) is 0 Å². The number of nitrogens with one attached hydrogen (secondary N) is 1. The minimum absolute atomic E-state index is 0.0674. The molecule has 0 fully saturated rings. The molecule has 0 radical (unpaired) electrons. The minimum atomic E-state index is -0.0674. The lowest BCUT2D eigenvalue weighted by Gasteiger charge is -2.01. The molecule has 3 rings (SSSR count). The number of para-hydroxylation sites is 1. The van der Waals surface area contributed by atoms with E-state index in [-0.39, 0.29) is 12.5 Å². The normalized spacial score (nSPS) is 11.0. The molecule has 0 bridgehead atoms. The Morgan fingerprint density at radius 3 is 2.95 bits per heavy atom. The second-order valence-electron chi connectivity index (χ2n) is 4.97. The van der Waals surface area contributed by atoms with Crippen molar-refractivity contribution >= 4 is 16.8 Å². The van der Waals surface area contributed by atoms with E-state index in [2.05, 4.69) is 15.5 Å². The number of carbonyl (C=O) groups is 1. The second-order valence-corrected chi connectivity index (χ2v) is 4.97. The minimum Gasteiger partial charge on any atom is -0.350 e. The van der Waals surface area contributed by atoms with E-state index in [1.807, 2.05) is 42.1 Å². The molecule has 1 N–H and O–H groups in total. The third-order valence-corrected chi connectivity index (χ3v) is 3.34. The maximum atomic E-state index is 12.0. The lowest BCUT2D eigenvalue weighted by molar-refractivity contribution is -0.120. The van der Waals surface area contributed by atoms with E-state index >= 15 is 0 Å². The van der Waals surface area contributed by atoms with E-state index in [1.54, 1.807) is 6.92 Å². The molecule has 6 nitrogen and oxygen atoms in total. The number of benzene rings is 1. The predicted octanol–water partition coefficient (Wildman–Crippen LogP) is 1.73. The van der Waals surface area contributed by atoms with Crippen molar-refractivity contribution in [1.29, 1.82) is 0 Å². The summed E-state index contributed by atoms with van der Waals surface area (Å²) in [4.78, 5) is 16.1. The van der Waals surface area contributed by atoms with Gasteiger partial charge in [-0.2, -0.15) is 4.98 Å². The summed E-state index contributed by atoms with van der Waals surface area (Å²) in [6.45, 7) is 2.00. The molecule has 0 atom stereocenters. The number of aromatic nitrogens is 3. The quantitative estimate of drug-likeness (QED) is 0.792. The standard InChI is InChI=1S/C15H16N4O2/c1-10-17-15(21-18-10)8-16-14(20)7-11-9-19(2)13-6-4-3-5-12(11)13/h3-6,9H,7-8H2,1-2H3,(H,16,20). The van der Waals surface area contributed by atoms with Crippen molar-refractivity contribution in [2.24, 2.45) is 7.05 Å². The monoisotopic (exact) mass is 284 g/mol. The van der Waals surface area contributed by atoms with Crippen LogP contribution < -0.4 is 5.32 Å². The van der Waals surface area contributed by atoms with Crippen molar-refractivity contribution in [2.45, 2.75) is 19.9 Å². The first kappa shape index (κ1) is 13.4. The largest absolute Gasteiger partial charge is 0.350 e. The van der Waals surface area contributed by atoms with E-state index in [1.165, 1.54) is 0 Å². The van der Waals surface area contributed by atoms with E-state index in [0.717, 1.165) is 16.5 Å². The Balaban J connectivity index is 1.69. The first-order chi connectivity index (χ1) is 10.1. The predicted molar refractivity (Wildman–Crippen MR) is 77.5 cm³/mol. The molecule has 108 valence electrons. The Hall–Kier alpha value is -2.63. The van der Waals surface area contributed by atoms with Crippen molar-refractivity contribution in [3.05, 3.63) is 47.7 Å². The van der Waals surface area contributed by atoms with Crippen molar-refractivity contribution in [3.63, 3.8) is 0 Å². The maximum absolute atomic E-state index is 12.0. The Bertz CT molecular complexity index is 788. The molecule has 3 aromatic rings. The molecule has 0 aliphatic heterocycles. The number of nitrogens with zero attached hydrogens (tertiary/aromatic N) is 3. The lowest BCUT2D eigenvalue weighted by Crippen LogP contribution is -2.24. The fraction of sp³-hybridized carbons (Fsp3) is 0.267. The van der Waals surface area contributed by atoms with E-state index in [4.69, 9.17) is 4.52 Å². The Morgan fingerprint density at radius 2 is 2.19 bits per heavy atom. The zero-order valence-corrected chi connectivity index (χ0v) is 12.0. The Morgan fingerprint density at radius 1 is 1.38 bits per heavy atom. The smallest absolute Gasteiger partial charge is 0.246 e. The fourth-order valence-electron chi connectivity index (χ4n) is 2.39. The van der Waals surface area contributed by atoms with Gasteiger partial charge >= 0.3 is 0 Å². The summed E-state index contributed by atoms with van der Waals surface area (Å²) in [6, 6.07) is 8.03. The fourth-order valence-corrected chi connectivity index (χ4v) is 2.39. The van der Waals surface area contributed by atoms with Crippen molar-refractivity contribution in [2.75, 3.05) is 0 Å². The third kappa shape index (κ3) is 2.79. The second kappa shape index (κ2) is 5.40. The number of hydrogen-bond donors (Lipinski definition) is 1. The van der Waals surface area contributed by atoms with Crippen molar-refractivity contribution in [3.8, 4) is 0 Å². The summed E-state index contributed by atoms with van der Waals surface area (Å²) in [6.07, 6.45) is 2.32.